The second kappa shape index (κ2) is 5.99. The van der Waals surface area contributed by atoms with Gasteiger partial charge in [0.2, 0.25) is 0 Å². The first kappa shape index (κ1) is 13.7. The van der Waals surface area contributed by atoms with Gasteiger partial charge >= 0.3 is 0 Å². The minimum atomic E-state index is -0.0283. The highest BCUT2D eigenvalue weighted by Crippen LogP contribution is 2.33. The van der Waals surface area contributed by atoms with Gasteiger partial charge < -0.3 is 15.6 Å². The van der Waals surface area contributed by atoms with Crippen LogP contribution in [0.2, 0.25) is 4.34 Å². The predicted molar refractivity (Wildman–Crippen MR) is 82.5 cm³/mol. The molecule has 1 atom stereocenters. The minimum absolute atomic E-state index is 0.0283. The predicted octanol–water partition coefficient (Wildman–Crippen LogP) is 2.88. The Morgan fingerprint density at radius 3 is 3.00 bits per heavy atom. The highest BCUT2D eigenvalue weighted by molar-refractivity contribution is 7.19. The van der Waals surface area contributed by atoms with E-state index in [0.29, 0.717) is 5.56 Å². The third-order valence-corrected chi connectivity index (χ3v) is 4.73. The quantitative estimate of drug-likeness (QED) is 0.816. The fourth-order valence-electron chi connectivity index (χ4n) is 2.45. The van der Waals surface area contributed by atoms with Crippen molar-refractivity contribution < 1.29 is 4.79 Å². The Morgan fingerprint density at radius 2 is 2.30 bits per heavy atom. The third kappa shape index (κ3) is 2.90. The van der Waals surface area contributed by atoms with E-state index in [9.17, 15) is 4.79 Å². The largest absolute Gasteiger partial charge is 0.366 e. The highest BCUT2D eigenvalue weighted by Gasteiger charge is 2.20. The SMILES string of the molecule is O=C(N[C@H]1CCCNC1)c1c[nH]cc1-c1ccc(Cl)s1. The van der Waals surface area contributed by atoms with Gasteiger partial charge in [0, 0.05) is 35.4 Å². The summed E-state index contributed by atoms with van der Waals surface area (Å²) in [6, 6.07) is 4.00. The van der Waals surface area contributed by atoms with Crippen LogP contribution in [-0.4, -0.2) is 30.0 Å². The molecule has 0 aliphatic carbocycles. The average molecular weight is 310 g/mol. The molecule has 0 bridgehead atoms. The van der Waals surface area contributed by atoms with Gasteiger partial charge in [-0.2, -0.15) is 0 Å². The maximum atomic E-state index is 12.4. The number of nitrogens with one attached hydrogen (secondary N) is 3. The third-order valence-electron chi connectivity index (χ3n) is 3.46. The summed E-state index contributed by atoms with van der Waals surface area (Å²) in [6.45, 7) is 1.88. The molecule has 1 saturated heterocycles. The molecule has 0 radical (unpaired) electrons. The molecule has 1 amide bonds. The number of aromatic nitrogens is 1. The van der Waals surface area contributed by atoms with E-state index in [-0.39, 0.29) is 11.9 Å². The topological polar surface area (TPSA) is 56.9 Å². The van der Waals surface area contributed by atoms with E-state index in [1.165, 1.54) is 11.3 Å². The molecule has 106 valence electrons. The lowest BCUT2D eigenvalue weighted by Gasteiger charge is -2.23. The molecule has 3 N–H and O–H groups in total. The van der Waals surface area contributed by atoms with Crippen LogP contribution in [0, 0.1) is 0 Å². The molecule has 3 heterocycles. The van der Waals surface area contributed by atoms with Crippen molar-refractivity contribution in [1.29, 1.82) is 0 Å². The Hall–Kier alpha value is -1.30. The molecule has 1 aliphatic rings. The van der Waals surface area contributed by atoms with Gasteiger partial charge in [0.15, 0.2) is 0 Å². The van der Waals surface area contributed by atoms with Crippen LogP contribution in [0.5, 0.6) is 0 Å². The maximum absolute atomic E-state index is 12.4. The molecule has 6 heteroatoms. The van der Waals surface area contributed by atoms with Crippen LogP contribution < -0.4 is 10.6 Å². The van der Waals surface area contributed by atoms with Crippen LogP contribution in [0.25, 0.3) is 10.4 Å². The Kier molecular flexibility index (Phi) is 4.10. The fourth-order valence-corrected chi connectivity index (χ4v) is 3.53. The number of H-pyrrole nitrogens is 1. The summed E-state index contributed by atoms with van der Waals surface area (Å²) in [7, 11) is 0. The van der Waals surface area contributed by atoms with Gasteiger partial charge in [-0.15, -0.1) is 11.3 Å². The Balaban J connectivity index is 1.76. The maximum Gasteiger partial charge on any atom is 0.253 e. The van der Waals surface area contributed by atoms with Crippen LogP contribution in [0.4, 0.5) is 0 Å². The standard InChI is InChI=1S/C14H16ClN3OS/c15-13-4-3-12(20-13)10-7-17-8-11(10)14(19)18-9-2-1-5-16-6-9/h3-4,7-9,16-17H,1-2,5-6H2,(H,18,19)/t9-/m0/s1. The van der Waals surface area contributed by atoms with Crippen molar-refractivity contribution >= 4 is 28.8 Å². The van der Waals surface area contributed by atoms with Gasteiger partial charge in [0.25, 0.3) is 5.91 Å². The monoisotopic (exact) mass is 309 g/mol. The van der Waals surface area contributed by atoms with E-state index in [2.05, 4.69) is 15.6 Å². The molecule has 1 fully saturated rings. The highest BCUT2D eigenvalue weighted by atomic mass is 35.5. The lowest BCUT2D eigenvalue weighted by molar-refractivity contribution is 0.0931. The molecule has 2 aromatic rings. The Labute approximate surface area is 126 Å². The van der Waals surface area contributed by atoms with Gasteiger partial charge in [0.05, 0.1) is 9.90 Å². The number of halogens is 1. The van der Waals surface area contributed by atoms with Crippen molar-refractivity contribution in [3.63, 3.8) is 0 Å². The molecule has 0 spiro atoms. The van der Waals surface area contributed by atoms with Crippen LogP contribution >= 0.6 is 22.9 Å². The number of hydrogen-bond donors (Lipinski definition) is 3. The molecule has 0 aromatic carbocycles. The lowest BCUT2D eigenvalue weighted by atomic mass is 10.1. The van der Waals surface area contributed by atoms with E-state index in [4.69, 9.17) is 11.6 Å². The number of rotatable bonds is 3. The zero-order valence-corrected chi connectivity index (χ0v) is 12.5. The first-order valence-electron chi connectivity index (χ1n) is 6.68. The molecule has 0 unspecified atom stereocenters. The summed E-state index contributed by atoms with van der Waals surface area (Å²) >= 11 is 7.44. The zero-order chi connectivity index (χ0) is 13.9. The fraction of sp³-hybridized carbons (Fsp3) is 0.357. The van der Waals surface area contributed by atoms with E-state index < -0.39 is 0 Å². The number of thiophene rings is 1. The van der Waals surface area contributed by atoms with E-state index in [0.717, 1.165) is 40.7 Å². The van der Waals surface area contributed by atoms with Crippen molar-refractivity contribution in [1.82, 2.24) is 15.6 Å². The van der Waals surface area contributed by atoms with Gasteiger partial charge in [0.1, 0.15) is 0 Å². The molecule has 3 rings (SSSR count). The van der Waals surface area contributed by atoms with Gasteiger partial charge in [-0.1, -0.05) is 11.6 Å². The molecule has 20 heavy (non-hydrogen) atoms. The van der Waals surface area contributed by atoms with E-state index >= 15 is 0 Å². The number of piperidine rings is 1. The normalized spacial score (nSPS) is 18.9. The molecule has 2 aromatic heterocycles. The van der Waals surface area contributed by atoms with Crippen molar-refractivity contribution in [2.75, 3.05) is 13.1 Å². The van der Waals surface area contributed by atoms with Crippen LogP contribution in [0.1, 0.15) is 23.2 Å². The van der Waals surface area contributed by atoms with Crippen LogP contribution in [0.15, 0.2) is 24.5 Å². The van der Waals surface area contributed by atoms with Crippen molar-refractivity contribution in [2.45, 2.75) is 18.9 Å². The van der Waals surface area contributed by atoms with Gasteiger partial charge in [-0.3, -0.25) is 4.79 Å². The summed E-state index contributed by atoms with van der Waals surface area (Å²) < 4.78 is 0.726. The number of carbonyl (C=O) groups is 1. The van der Waals surface area contributed by atoms with Gasteiger partial charge in [-0.05, 0) is 31.5 Å². The Morgan fingerprint density at radius 1 is 1.40 bits per heavy atom. The Bertz CT molecular complexity index is 601. The second-order valence-electron chi connectivity index (χ2n) is 4.90. The summed E-state index contributed by atoms with van der Waals surface area (Å²) in [4.78, 5) is 16.4. The van der Waals surface area contributed by atoms with Crippen molar-refractivity contribution in [3.8, 4) is 10.4 Å². The number of hydrogen-bond acceptors (Lipinski definition) is 3. The van der Waals surface area contributed by atoms with Crippen molar-refractivity contribution in [3.05, 3.63) is 34.4 Å². The van der Waals surface area contributed by atoms with Crippen LogP contribution in [0.3, 0.4) is 0 Å². The zero-order valence-electron chi connectivity index (χ0n) is 10.9. The smallest absolute Gasteiger partial charge is 0.253 e. The number of amides is 1. The summed E-state index contributed by atoms with van der Waals surface area (Å²) in [5.74, 6) is -0.0283. The lowest BCUT2D eigenvalue weighted by Crippen LogP contribution is -2.45. The molecular weight excluding hydrogens is 294 g/mol. The summed E-state index contributed by atoms with van der Waals surface area (Å²) in [5.41, 5.74) is 1.58. The van der Waals surface area contributed by atoms with Crippen molar-refractivity contribution in [2.24, 2.45) is 0 Å². The van der Waals surface area contributed by atoms with Gasteiger partial charge in [-0.25, -0.2) is 0 Å². The average Bonchev–Trinajstić information content (AvgIpc) is 3.08. The minimum Gasteiger partial charge on any atom is -0.366 e. The first-order chi connectivity index (χ1) is 9.74. The second-order valence-corrected chi connectivity index (χ2v) is 6.62. The molecule has 1 aliphatic heterocycles. The molecular formula is C14H16ClN3OS. The number of carbonyl (C=O) groups excluding carboxylic acids is 1. The first-order valence-corrected chi connectivity index (χ1v) is 7.87. The molecule has 4 nitrogen and oxygen atoms in total. The summed E-state index contributed by atoms with van der Waals surface area (Å²) in [5, 5.41) is 6.39. The van der Waals surface area contributed by atoms with Crippen LogP contribution in [-0.2, 0) is 0 Å². The van der Waals surface area contributed by atoms with E-state index in [1.807, 2.05) is 18.3 Å². The summed E-state index contributed by atoms with van der Waals surface area (Å²) in [6.07, 6.45) is 5.72. The molecule has 0 saturated carbocycles. The van der Waals surface area contributed by atoms with E-state index in [1.54, 1.807) is 6.20 Å². The number of aromatic amines is 1.